The number of halogens is 1. The molecule has 36 heavy (non-hydrogen) atoms. The summed E-state index contributed by atoms with van der Waals surface area (Å²) in [5, 5.41) is 4.13. The molecule has 2 aromatic carbocycles. The lowest BCUT2D eigenvalue weighted by Crippen LogP contribution is -2.43. The van der Waals surface area contributed by atoms with Crippen LogP contribution in [0.3, 0.4) is 0 Å². The lowest BCUT2D eigenvalue weighted by atomic mass is 9.78. The van der Waals surface area contributed by atoms with Crippen molar-refractivity contribution in [3.63, 3.8) is 0 Å². The van der Waals surface area contributed by atoms with Crippen LogP contribution in [-0.2, 0) is 12.3 Å². The lowest BCUT2D eigenvalue weighted by Gasteiger charge is -2.34. The number of carbonyl (C=O) groups is 1. The number of carbonyl (C=O) groups excluding carboxylic acids is 1. The molecule has 1 N–H and O–H groups in total. The van der Waals surface area contributed by atoms with E-state index in [0.717, 1.165) is 39.5 Å². The maximum atomic E-state index is 13.4. The SMILES string of the molecule is C[C@H]1[C@H](C)CCC[C@@H]1NC(=O)c1ccc(CSc2nc3ccncc3n2Cc2ccc(F)cc2)cc1. The monoisotopic (exact) mass is 502 g/mol. The third kappa shape index (κ3) is 5.46. The molecule has 186 valence electrons. The van der Waals surface area contributed by atoms with Gasteiger partial charge in [-0.05, 0) is 59.7 Å². The van der Waals surface area contributed by atoms with Crippen molar-refractivity contribution in [2.75, 3.05) is 0 Å². The Bertz CT molecular complexity index is 1340. The Morgan fingerprint density at radius 3 is 2.58 bits per heavy atom. The molecule has 2 heterocycles. The van der Waals surface area contributed by atoms with Crippen LogP contribution in [0.5, 0.6) is 0 Å². The summed E-state index contributed by atoms with van der Waals surface area (Å²) in [6.45, 7) is 5.11. The maximum Gasteiger partial charge on any atom is 0.251 e. The number of nitrogens with zero attached hydrogens (tertiary/aromatic N) is 3. The minimum atomic E-state index is -0.245. The summed E-state index contributed by atoms with van der Waals surface area (Å²) in [4.78, 5) is 21.9. The Kier molecular flexibility index (Phi) is 7.37. The molecule has 0 spiro atoms. The Balaban J connectivity index is 1.27. The van der Waals surface area contributed by atoms with Crippen molar-refractivity contribution in [2.24, 2.45) is 11.8 Å². The van der Waals surface area contributed by atoms with Gasteiger partial charge in [0.25, 0.3) is 5.91 Å². The first-order chi connectivity index (χ1) is 17.5. The number of hydrogen-bond donors (Lipinski definition) is 1. The standard InChI is InChI=1S/C29H31FN4OS/c1-19-4-3-5-25(20(19)2)32-28(35)23-10-6-22(7-11-23)18-36-29-33-26-14-15-31-16-27(26)34(29)17-21-8-12-24(30)13-9-21/h6-16,19-20,25H,3-5,17-18H2,1-2H3,(H,32,35)/t19-,20+,25+/m1/s1. The summed E-state index contributed by atoms with van der Waals surface area (Å²) in [6, 6.07) is 16.6. The molecule has 0 aliphatic heterocycles. The van der Waals surface area contributed by atoms with Gasteiger partial charge in [0.2, 0.25) is 0 Å². The second-order valence-electron chi connectivity index (χ2n) is 9.80. The minimum Gasteiger partial charge on any atom is -0.349 e. The number of pyridine rings is 1. The van der Waals surface area contributed by atoms with Gasteiger partial charge in [0.05, 0.1) is 23.8 Å². The average molecular weight is 503 g/mol. The van der Waals surface area contributed by atoms with E-state index >= 15 is 0 Å². The smallest absolute Gasteiger partial charge is 0.251 e. The summed E-state index contributed by atoms with van der Waals surface area (Å²) >= 11 is 1.64. The van der Waals surface area contributed by atoms with Gasteiger partial charge in [-0.3, -0.25) is 9.78 Å². The zero-order chi connectivity index (χ0) is 25.1. The molecule has 1 saturated carbocycles. The van der Waals surface area contributed by atoms with Gasteiger partial charge in [-0.1, -0.05) is 62.7 Å². The van der Waals surface area contributed by atoms with Crippen LogP contribution >= 0.6 is 11.8 Å². The highest BCUT2D eigenvalue weighted by Crippen LogP contribution is 2.30. The lowest BCUT2D eigenvalue weighted by molar-refractivity contribution is 0.0891. The number of thioether (sulfide) groups is 1. The largest absolute Gasteiger partial charge is 0.349 e. The molecule has 0 saturated heterocycles. The van der Waals surface area contributed by atoms with E-state index in [1.54, 1.807) is 30.1 Å². The number of aromatic nitrogens is 3. The molecule has 0 radical (unpaired) electrons. The van der Waals surface area contributed by atoms with Crippen molar-refractivity contribution in [2.45, 2.75) is 56.6 Å². The number of fused-ring (bicyclic) bond motifs is 1. The highest BCUT2D eigenvalue weighted by molar-refractivity contribution is 7.98. The number of benzene rings is 2. The van der Waals surface area contributed by atoms with Crippen LogP contribution in [0.1, 0.15) is 54.6 Å². The van der Waals surface area contributed by atoms with Crippen molar-refractivity contribution in [1.29, 1.82) is 0 Å². The van der Waals surface area contributed by atoms with Gasteiger partial charge in [-0.2, -0.15) is 0 Å². The Hall–Kier alpha value is -3.19. The van der Waals surface area contributed by atoms with Crippen LogP contribution in [0.2, 0.25) is 0 Å². The molecule has 2 aromatic heterocycles. The highest BCUT2D eigenvalue weighted by atomic mass is 32.2. The second-order valence-corrected chi connectivity index (χ2v) is 10.7. The van der Waals surface area contributed by atoms with Gasteiger partial charge in [0.1, 0.15) is 5.82 Å². The van der Waals surface area contributed by atoms with Crippen molar-refractivity contribution < 1.29 is 9.18 Å². The third-order valence-electron chi connectivity index (χ3n) is 7.38. The summed E-state index contributed by atoms with van der Waals surface area (Å²) in [5.41, 5.74) is 4.65. The zero-order valence-electron chi connectivity index (χ0n) is 20.7. The molecule has 0 bridgehead atoms. The van der Waals surface area contributed by atoms with Crippen molar-refractivity contribution in [3.05, 3.63) is 89.5 Å². The third-order valence-corrected chi connectivity index (χ3v) is 8.42. The summed E-state index contributed by atoms with van der Waals surface area (Å²) in [7, 11) is 0. The summed E-state index contributed by atoms with van der Waals surface area (Å²) in [6.07, 6.45) is 7.03. The topological polar surface area (TPSA) is 59.8 Å². The van der Waals surface area contributed by atoms with Crippen molar-refractivity contribution in [3.8, 4) is 0 Å². The first-order valence-corrected chi connectivity index (χ1v) is 13.5. The molecular formula is C29H31FN4OS. The van der Waals surface area contributed by atoms with Crippen LogP contribution < -0.4 is 5.32 Å². The number of nitrogens with one attached hydrogen (secondary N) is 1. The molecule has 0 unspecified atom stereocenters. The van der Waals surface area contributed by atoms with Crippen LogP contribution in [0.25, 0.3) is 11.0 Å². The Morgan fingerprint density at radius 1 is 1.06 bits per heavy atom. The predicted octanol–water partition coefficient (Wildman–Crippen LogP) is 6.47. The van der Waals surface area contributed by atoms with E-state index in [0.29, 0.717) is 23.9 Å². The molecule has 1 fully saturated rings. The van der Waals surface area contributed by atoms with E-state index < -0.39 is 0 Å². The molecule has 3 atom stereocenters. The fourth-order valence-corrected chi connectivity index (χ4v) is 5.89. The molecule has 5 rings (SSSR count). The van der Waals surface area contributed by atoms with Gasteiger partial charge in [-0.15, -0.1) is 0 Å². The van der Waals surface area contributed by atoms with E-state index in [1.165, 1.54) is 25.0 Å². The van der Waals surface area contributed by atoms with Crippen LogP contribution in [0.15, 0.2) is 72.1 Å². The van der Waals surface area contributed by atoms with E-state index in [4.69, 9.17) is 4.98 Å². The van der Waals surface area contributed by atoms with Gasteiger partial charge < -0.3 is 9.88 Å². The molecule has 4 aromatic rings. The van der Waals surface area contributed by atoms with E-state index in [1.807, 2.05) is 36.5 Å². The first-order valence-electron chi connectivity index (χ1n) is 12.6. The minimum absolute atomic E-state index is 0.00810. The van der Waals surface area contributed by atoms with Crippen LogP contribution in [0, 0.1) is 17.7 Å². The number of imidazole rings is 1. The average Bonchev–Trinajstić information content (AvgIpc) is 3.24. The number of amides is 1. The van der Waals surface area contributed by atoms with Gasteiger partial charge in [0, 0.05) is 23.6 Å². The number of rotatable bonds is 7. The van der Waals surface area contributed by atoms with Gasteiger partial charge in [0.15, 0.2) is 5.16 Å². The quantitative estimate of drug-likeness (QED) is 0.295. The zero-order valence-corrected chi connectivity index (χ0v) is 21.5. The van der Waals surface area contributed by atoms with E-state index in [2.05, 4.69) is 28.7 Å². The fourth-order valence-electron chi connectivity index (χ4n) is 4.92. The highest BCUT2D eigenvalue weighted by Gasteiger charge is 2.28. The van der Waals surface area contributed by atoms with Crippen molar-refractivity contribution in [1.82, 2.24) is 19.9 Å². The Labute approximate surface area is 215 Å². The summed E-state index contributed by atoms with van der Waals surface area (Å²) < 4.78 is 15.5. The second kappa shape index (κ2) is 10.8. The van der Waals surface area contributed by atoms with Gasteiger partial charge >= 0.3 is 0 Å². The maximum absolute atomic E-state index is 13.4. The van der Waals surface area contributed by atoms with E-state index in [-0.39, 0.29) is 17.8 Å². The van der Waals surface area contributed by atoms with Crippen LogP contribution in [0.4, 0.5) is 4.39 Å². The molecule has 1 aliphatic rings. The molecule has 5 nitrogen and oxygen atoms in total. The van der Waals surface area contributed by atoms with Gasteiger partial charge in [-0.25, -0.2) is 9.37 Å². The van der Waals surface area contributed by atoms with E-state index in [9.17, 15) is 9.18 Å². The fraction of sp³-hybridized carbons (Fsp3) is 0.345. The molecule has 1 aliphatic carbocycles. The molecule has 1 amide bonds. The predicted molar refractivity (Wildman–Crippen MR) is 142 cm³/mol. The molecular weight excluding hydrogens is 471 g/mol. The van der Waals surface area contributed by atoms with Crippen LogP contribution in [-0.4, -0.2) is 26.5 Å². The molecule has 7 heteroatoms. The Morgan fingerprint density at radius 2 is 1.81 bits per heavy atom. The summed E-state index contributed by atoms with van der Waals surface area (Å²) in [5.74, 6) is 1.63. The first kappa shape index (κ1) is 24.5. The normalized spacial score (nSPS) is 19.9. The van der Waals surface area contributed by atoms with Crippen molar-refractivity contribution >= 4 is 28.7 Å². The number of hydrogen-bond acceptors (Lipinski definition) is 4.